The summed E-state index contributed by atoms with van der Waals surface area (Å²) in [5, 5.41) is 0. The van der Waals surface area contributed by atoms with E-state index in [1.807, 2.05) is 0 Å². The molecule has 0 unspecified atom stereocenters. The van der Waals surface area contributed by atoms with E-state index in [0.717, 1.165) is 6.26 Å². The van der Waals surface area contributed by atoms with Gasteiger partial charge in [0, 0.05) is 25.7 Å². The molecule has 0 saturated heterocycles. The summed E-state index contributed by atoms with van der Waals surface area (Å²) in [5.74, 6) is -0.928. The first-order chi connectivity index (χ1) is 9.14. The minimum absolute atomic E-state index is 0.0686. The molecular formula is C12H18O7S. The average molecular weight is 306 g/mol. The predicted molar refractivity (Wildman–Crippen MR) is 67.1 cm³/mol. The molecule has 2 saturated carbocycles. The lowest BCUT2D eigenvalue weighted by molar-refractivity contribution is -0.153. The monoisotopic (exact) mass is 306 g/mol. The van der Waals surface area contributed by atoms with Crippen molar-refractivity contribution in [1.29, 1.82) is 0 Å². The van der Waals surface area contributed by atoms with Crippen LogP contribution in [0.3, 0.4) is 0 Å². The normalized spacial score (nSPS) is 35.2. The molecule has 2 aliphatic carbocycles. The van der Waals surface area contributed by atoms with Crippen LogP contribution < -0.4 is 0 Å². The second kappa shape index (κ2) is 5.00. The number of fused-ring (bicyclic) bond motifs is 1. The summed E-state index contributed by atoms with van der Waals surface area (Å²) >= 11 is 0. The van der Waals surface area contributed by atoms with Gasteiger partial charge in [-0.2, -0.15) is 8.42 Å². The molecule has 0 spiro atoms. The van der Waals surface area contributed by atoms with E-state index in [1.165, 1.54) is 13.8 Å². The van der Waals surface area contributed by atoms with E-state index in [9.17, 15) is 18.0 Å². The van der Waals surface area contributed by atoms with Gasteiger partial charge in [0.05, 0.1) is 12.4 Å². The van der Waals surface area contributed by atoms with Gasteiger partial charge in [-0.3, -0.25) is 13.8 Å². The van der Waals surface area contributed by atoms with E-state index in [-0.39, 0.29) is 12.5 Å². The zero-order valence-electron chi connectivity index (χ0n) is 11.6. The molecule has 0 N–H and O–H groups in total. The maximum absolute atomic E-state index is 11.2. The summed E-state index contributed by atoms with van der Waals surface area (Å²) in [6.45, 7) is 2.71. The Morgan fingerprint density at radius 1 is 1.25 bits per heavy atom. The lowest BCUT2D eigenvalue weighted by atomic mass is 10.0. The average Bonchev–Trinajstić information content (AvgIpc) is 2.92. The van der Waals surface area contributed by atoms with Gasteiger partial charge in [-0.15, -0.1) is 0 Å². The molecule has 0 aromatic heterocycles. The number of rotatable bonds is 5. The highest BCUT2D eigenvalue weighted by Gasteiger charge is 2.70. The first kappa shape index (κ1) is 15.2. The summed E-state index contributed by atoms with van der Waals surface area (Å²) in [7, 11) is -3.57. The summed E-state index contributed by atoms with van der Waals surface area (Å²) in [6, 6.07) is 0. The molecule has 8 heteroatoms. The quantitative estimate of drug-likeness (QED) is 0.530. The maximum Gasteiger partial charge on any atom is 0.302 e. The molecule has 4 atom stereocenters. The molecule has 0 bridgehead atoms. The Kier molecular flexibility index (Phi) is 3.81. The number of carbonyl (C=O) groups is 2. The molecule has 20 heavy (non-hydrogen) atoms. The van der Waals surface area contributed by atoms with E-state index in [1.54, 1.807) is 0 Å². The summed E-state index contributed by atoms with van der Waals surface area (Å²) in [4.78, 5) is 22.1. The minimum atomic E-state index is -3.57. The second-order valence-corrected chi connectivity index (χ2v) is 7.10. The van der Waals surface area contributed by atoms with Gasteiger partial charge < -0.3 is 9.47 Å². The molecule has 2 aliphatic rings. The van der Waals surface area contributed by atoms with Gasteiger partial charge >= 0.3 is 11.9 Å². The minimum Gasteiger partial charge on any atom is -0.465 e. The van der Waals surface area contributed by atoms with Crippen molar-refractivity contribution in [3.8, 4) is 0 Å². The molecule has 0 aromatic carbocycles. The van der Waals surface area contributed by atoms with Gasteiger partial charge in [-0.1, -0.05) is 0 Å². The fourth-order valence-electron chi connectivity index (χ4n) is 3.02. The van der Waals surface area contributed by atoms with E-state index >= 15 is 0 Å². The van der Waals surface area contributed by atoms with Crippen molar-refractivity contribution in [3.05, 3.63) is 0 Å². The molecule has 7 nitrogen and oxygen atoms in total. The molecule has 0 heterocycles. The highest BCUT2D eigenvalue weighted by molar-refractivity contribution is 7.86. The molecule has 0 aromatic rings. The van der Waals surface area contributed by atoms with E-state index in [2.05, 4.69) is 0 Å². The third-order valence-corrected chi connectivity index (χ3v) is 4.46. The Bertz CT molecular complexity index is 526. The number of ether oxygens (including phenoxy) is 2. The third-order valence-electron chi connectivity index (χ3n) is 3.87. The smallest absolute Gasteiger partial charge is 0.302 e. The van der Waals surface area contributed by atoms with Crippen LogP contribution >= 0.6 is 0 Å². The van der Waals surface area contributed by atoms with Gasteiger partial charge in [-0.05, 0) is 12.3 Å². The van der Waals surface area contributed by atoms with Crippen molar-refractivity contribution < 1.29 is 31.7 Å². The first-order valence-corrected chi connectivity index (χ1v) is 8.14. The Balaban J connectivity index is 2.10. The van der Waals surface area contributed by atoms with Crippen LogP contribution in [0.1, 0.15) is 26.7 Å². The van der Waals surface area contributed by atoms with Gasteiger partial charge in [0.15, 0.2) is 0 Å². The zero-order chi connectivity index (χ0) is 15.1. The van der Waals surface area contributed by atoms with Gasteiger partial charge in [0.25, 0.3) is 10.1 Å². The molecule has 0 aliphatic heterocycles. The van der Waals surface area contributed by atoms with Crippen molar-refractivity contribution in [2.45, 2.75) is 38.9 Å². The summed E-state index contributed by atoms with van der Waals surface area (Å²) in [5.41, 5.74) is -0.493. The fraction of sp³-hybridized carbons (Fsp3) is 0.833. The highest BCUT2D eigenvalue weighted by Crippen LogP contribution is 2.65. The van der Waals surface area contributed by atoms with Crippen LogP contribution in [-0.4, -0.2) is 45.4 Å². The Morgan fingerprint density at radius 2 is 1.90 bits per heavy atom. The van der Waals surface area contributed by atoms with E-state index < -0.39 is 39.7 Å². The van der Waals surface area contributed by atoms with Crippen molar-refractivity contribution >= 4 is 22.1 Å². The third kappa shape index (κ3) is 3.12. The van der Waals surface area contributed by atoms with Gasteiger partial charge in [0.2, 0.25) is 0 Å². The van der Waals surface area contributed by atoms with Gasteiger partial charge in [0.1, 0.15) is 12.7 Å². The molecule has 114 valence electrons. The number of carbonyl (C=O) groups excluding carboxylic acids is 2. The van der Waals surface area contributed by atoms with Crippen LogP contribution in [0.2, 0.25) is 0 Å². The lowest BCUT2D eigenvalue weighted by Gasteiger charge is -2.22. The van der Waals surface area contributed by atoms with Crippen LogP contribution in [0, 0.1) is 11.3 Å². The Hall–Kier alpha value is -1.15. The van der Waals surface area contributed by atoms with Crippen molar-refractivity contribution in [3.63, 3.8) is 0 Å². The first-order valence-electron chi connectivity index (χ1n) is 6.33. The van der Waals surface area contributed by atoms with Crippen molar-refractivity contribution in [1.82, 2.24) is 0 Å². The number of esters is 2. The van der Waals surface area contributed by atoms with E-state index in [4.69, 9.17) is 13.7 Å². The van der Waals surface area contributed by atoms with E-state index in [0.29, 0.717) is 12.8 Å². The summed E-state index contributed by atoms with van der Waals surface area (Å²) in [6.07, 6.45) is 0.917. The standard InChI is InChI=1S/C12H18O7S/c1-7(13)17-6-12-5-9(12)10(19-20(3,15)16)4-11(12)18-8(2)14/h9-11H,4-6H2,1-3H3/t9-,10-,11+,12+/m1/s1. The number of hydrogen-bond donors (Lipinski definition) is 0. The van der Waals surface area contributed by atoms with Crippen LogP contribution in [-0.2, 0) is 33.4 Å². The zero-order valence-corrected chi connectivity index (χ0v) is 12.4. The second-order valence-electron chi connectivity index (χ2n) is 5.50. The predicted octanol–water partition coefficient (Wildman–Crippen LogP) is 0.236. The van der Waals surface area contributed by atoms with Gasteiger partial charge in [-0.25, -0.2) is 0 Å². The Labute approximate surface area is 117 Å². The molecule has 2 fully saturated rings. The van der Waals surface area contributed by atoms with Crippen LogP contribution in [0.4, 0.5) is 0 Å². The molecule has 0 amide bonds. The maximum atomic E-state index is 11.2. The number of hydrogen-bond acceptors (Lipinski definition) is 7. The fourth-order valence-corrected chi connectivity index (χ4v) is 3.69. The molecule has 2 rings (SSSR count). The highest BCUT2D eigenvalue weighted by atomic mass is 32.2. The Morgan fingerprint density at radius 3 is 2.40 bits per heavy atom. The topological polar surface area (TPSA) is 96.0 Å². The summed E-state index contributed by atoms with van der Waals surface area (Å²) < 4.78 is 37.8. The molecular weight excluding hydrogens is 288 g/mol. The largest absolute Gasteiger partial charge is 0.465 e. The van der Waals surface area contributed by atoms with Crippen LogP contribution in [0.15, 0.2) is 0 Å². The SMILES string of the molecule is CC(=O)OC[C@@]12C[C@@H]1[C@H](OS(C)(=O)=O)C[C@@H]2OC(C)=O. The lowest BCUT2D eigenvalue weighted by Crippen LogP contribution is -2.30. The van der Waals surface area contributed by atoms with Crippen molar-refractivity contribution in [2.24, 2.45) is 11.3 Å². The molecule has 0 radical (unpaired) electrons. The van der Waals surface area contributed by atoms with Crippen LogP contribution in [0.5, 0.6) is 0 Å². The van der Waals surface area contributed by atoms with Crippen molar-refractivity contribution in [2.75, 3.05) is 12.9 Å². The van der Waals surface area contributed by atoms with Crippen LogP contribution in [0.25, 0.3) is 0 Å².